The third-order valence-electron chi connectivity index (χ3n) is 4.75. The summed E-state index contributed by atoms with van der Waals surface area (Å²) >= 11 is 3.51. The first-order valence-electron chi connectivity index (χ1n) is 8.91. The molecule has 29 heavy (non-hydrogen) atoms. The van der Waals surface area contributed by atoms with Gasteiger partial charge in [0.15, 0.2) is 0 Å². The number of aliphatic carboxylic acids is 1. The molecule has 0 aromatic carbocycles. The number of halogens is 3. The van der Waals surface area contributed by atoms with Gasteiger partial charge in [-0.2, -0.15) is 13.2 Å². The summed E-state index contributed by atoms with van der Waals surface area (Å²) in [5, 5.41) is 12.5. The average molecular weight is 451 g/mol. The van der Waals surface area contributed by atoms with E-state index in [1.807, 2.05) is 18.3 Å². The van der Waals surface area contributed by atoms with Crippen LogP contribution in [0, 0.1) is 12.8 Å². The molecule has 6 nitrogen and oxygen atoms in total. The smallest absolute Gasteiger partial charge is 0.475 e. The molecule has 2 aromatic heterocycles. The Kier molecular flexibility index (Phi) is 7.28. The van der Waals surface area contributed by atoms with Crippen molar-refractivity contribution >= 4 is 28.6 Å². The van der Waals surface area contributed by atoms with E-state index in [-0.39, 0.29) is 6.10 Å². The van der Waals surface area contributed by atoms with E-state index in [1.165, 1.54) is 4.88 Å². The van der Waals surface area contributed by atoms with E-state index in [2.05, 4.69) is 32.8 Å². The van der Waals surface area contributed by atoms with Crippen LogP contribution in [0.1, 0.15) is 15.6 Å². The quantitative estimate of drug-likeness (QED) is 0.751. The van der Waals surface area contributed by atoms with Crippen LogP contribution in [0.15, 0.2) is 22.9 Å². The normalized spacial score (nSPS) is 24.2. The van der Waals surface area contributed by atoms with E-state index in [9.17, 15) is 13.2 Å². The van der Waals surface area contributed by atoms with Gasteiger partial charge >= 0.3 is 12.1 Å². The van der Waals surface area contributed by atoms with E-state index in [1.54, 1.807) is 11.3 Å². The van der Waals surface area contributed by atoms with E-state index in [0.29, 0.717) is 18.6 Å². The summed E-state index contributed by atoms with van der Waals surface area (Å²) in [6, 6.07) is 4.84. The zero-order valence-corrected chi connectivity index (χ0v) is 17.2. The van der Waals surface area contributed by atoms with Crippen molar-refractivity contribution in [2.75, 3.05) is 19.8 Å². The second-order valence-electron chi connectivity index (χ2n) is 6.79. The summed E-state index contributed by atoms with van der Waals surface area (Å²) in [5.41, 5.74) is 1.05. The topological polar surface area (TPSA) is 71.9 Å². The number of hydrogen-bond acceptors (Lipinski definition) is 7. The summed E-state index contributed by atoms with van der Waals surface area (Å²) in [6.45, 7) is 6.33. The summed E-state index contributed by atoms with van der Waals surface area (Å²) in [5.74, 6) is -2.26. The van der Waals surface area contributed by atoms with Gasteiger partial charge in [-0.3, -0.25) is 4.90 Å². The van der Waals surface area contributed by atoms with Crippen LogP contribution in [0.2, 0.25) is 0 Å². The Hall–Kier alpha value is -1.53. The number of rotatable bonds is 5. The number of carbonyl (C=O) groups is 1. The molecule has 0 radical (unpaired) electrons. The Bertz CT molecular complexity index is 797. The van der Waals surface area contributed by atoms with Gasteiger partial charge in [-0.15, -0.1) is 22.7 Å². The van der Waals surface area contributed by atoms with Crippen LogP contribution in [0.4, 0.5) is 13.2 Å². The number of likely N-dealkylation sites (tertiary alicyclic amines) is 1. The van der Waals surface area contributed by atoms with Crippen molar-refractivity contribution in [3.8, 4) is 0 Å². The number of fused-ring (bicyclic) bond motifs is 1. The lowest BCUT2D eigenvalue weighted by Crippen LogP contribution is -2.31. The SMILES string of the molecule is Cc1nc(CO[C@@H]2CN(Cc3cccs3)[C@@H]3COC[C@@H]32)cs1.O=C(O)C(F)(F)F. The van der Waals surface area contributed by atoms with Crippen LogP contribution in [0.3, 0.4) is 0 Å². The number of carboxylic acid groups (broad SMARTS) is 1. The number of alkyl halides is 3. The third-order valence-corrected chi connectivity index (χ3v) is 6.43. The molecule has 0 saturated carbocycles. The first-order chi connectivity index (χ1) is 13.7. The Labute approximate surface area is 173 Å². The highest BCUT2D eigenvalue weighted by molar-refractivity contribution is 7.10. The third kappa shape index (κ3) is 5.98. The number of carboxylic acids is 1. The Morgan fingerprint density at radius 1 is 1.41 bits per heavy atom. The zero-order valence-electron chi connectivity index (χ0n) is 15.6. The lowest BCUT2D eigenvalue weighted by atomic mass is 10.0. The number of ether oxygens (including phenoxy) is 2. The van der Waals surface area contributed by atoms with Crippen molar-refractivity contribution in [3.63, 3.8) is 0 Å². The Balaban J connectivity index is 0.000000298. The molecule has 2 saturated heterocycles. The van der Waals surface area contributed by atoms with Crippen LogP contribution < -0.4 is 0 Å². The molecule has 160 valence electrons. The molecule has 2 aliphatic rings. The monoisotopic (exact) mass is 450 g/mol. The van der Waals surface area contributed by atoms with Crippen molar-refractivity contribution in [2.24, 2.45) is 5.92 Å². The number of thiazole rings is 1. The molecule has 2 aromatic rings. The predicted octanol–water partition coefficient (Wildman–Crippen LogP) is 3.56. The van der Waals surface area contributed by atoms with E-state index in [0.717, 1.165) is 37.0 Å². The van der Waals surface area contributed by atoms with E-state index < -0.39 is 12.1 Å². The van der Waals surface area contributed by atoms with Gasteiger partial charge in [0, 0.05) is 35.3 Å². The highest BCUT2D eigenvalue weighted by Crippen LogP contribution is 2.34. The molecular formula is C18H21F3N2O4S2. The fourth-order valence-electron chi connectivity index (χ4n) is 3.42. The van der Waals surface area contributed by atoms with Crippen molar-refractivity contribution in [1.82, 2.24) is 9.88 Å². The van der Waals surface area contributed by atoms with Gasteiger partial charge in [0.2, 0.25) is 0 Å². The van der Waals surface area contributed by atoms with Gasteiger partial charge in [0.1, 0.15) is 0 Å². The molecule has 2 aliphatic heterocycles. The molecule has 0 spiro atoms. The lowest BCUT2D eigenvalue weighted by Gasteiger charge is -2.21. The minimum Gasteiger partial charge on any atom is -0.475 e. The lowest BCUT2D eigenvalue weighted by molar-refractivity contribution is -0.192. The second-order valence-corrected chi connectivity index (χ2v) is 8.88. The van der Waals surface area contributed by atoms with Gasteiger partial charge in [-0.05, 0) is 18.4 Å². The van der Waals surface area contributed by atoms with Crippen molar-refractivity contribution in [2.45, 2.75) is 38.4 Å². The van der Waals surface area contributed by atoms with Gasteiger partial charge in [0.25, 0.3) is 0 Å². The minimum atomic E-state index is -5.08. The van der Waals surface area contributed by atoms with Crippen molar-refractivity contribution in [1.29, 1.82) is 0 Å². The Morgan fingerprint density at radius 3 is 2.76 bits per heavy atom. The molecule has 0 unspecified atom stereocenters. The summed E-state index contributed by atoms with van der Waals surface area (Å²) in [7, 11) is 0. The first-order valence-corrected chi connectivity index (χ1v) is 10.7. The van der Waals surface area contributed by atoms with Gasteiger partial charge in [-0.25, -0.2) is 9.78 Å². The zero-order chi connectivity index (χ0) is 21.0. The fourth-order valence-corrected chi connectivity index (χ4v) is 4.75. The first kappa shape index (κ1) is 22.2. The highest BCUT2D eigenvalue weighted by atomic mass is 32.1. The van der Waals surface area contributed by atoms with E-state index >= 15 is 0 Å². The fraction of sp³-hybridized carbons (Fsp3) is 0.556. The predicted molar refractivity (Wildman–Crippen MR) is 102 cm³/mol. The van der Waals surface area contributed by atoms with Crippen LogP contribution in [-0.4, -0.2) is 59.0 Å². The van der Waals surface area contributed by atoms with Gasteiger partial charge in [0.05, 0.1) is 36.6 Å². The molecule has 0 bridgehead atoms. The molecule has 11 heteroatoms. The molecule has 0 amide bonds. The van der Waals surface area contributed by atoms with Crippen molar-refractivity contribution < 1.29 is 32.5 Å². The minimum absolute atomic E-state index is 0.259. The van der Waals surface area contributed by atoms with Crippen LogP contribution in [-0.2, 0) is 27.4 Å². The maximum atomic E-state index is 10.6. The molecule has 4 rings (SSSR count). The molecule has 3 atom stereocenters. The molecule has 1 N–H and O–H groups in total. The number of hydrogen-bond donors (Lipinski definition) is 1. The largest absolute Gasteiger partial charge is 0.490 e. The van der Waals surface area contributed by atoms with Crippen molar-refractivity contribution in [3.05, 3.63) is 38.5 Å². The van der Waals surface area contributed by atoms with Crippen LogP contribution >= 0.6 is 22.7 Å². The van der Waals surface area contributed by atoms with E-state index in [4.69, 9.17) is 19.4 Å². The maximum Gasteiger partial charge on any atom is 0.490 e. The second kappa shape index (κ2) is 9.52. The number of aromatic nitrogens is 1. The molecule has 4 heterocycles. The van der Waals surface area contributed by atoms with Crippen LogP contribution in [0.5, 0.6) is 0 Å². The maximum absolute atomic E-state index is 10.6. The number of aryl methyl sites for hydroxylation is 1. The standard InChI is InChI=1S/C16H20N2O2S2.C2HF3O2/c1-11-17-12(10-22-11)7-20-16-6-18(5-13-3-2-4-21-13)15-9-19-8-14(15)16;3-2(4,5)1(6)7/h2-4,10,14-16H,5-9H2,1H3;(H,6,7)/t14-,15+,16+;/m0./s1. The summed E-state index contributed by atoms with van der Waals surface area (Å²) in [6.07, 6.45) is -4.82. The van der Waals surface area contributed by atoms with Crippen LogP contribution in [0.25, 0.3) is 0 Å². The molecular weight excluding hydrogens is 429 g/mol. The molecule has 2 fully saturated rings. The van der Waals surface area contributed by atoms with Gasteiger partial charge < -0.3 is 14.6 Å². The summed E-state index contributed by atoms with van der Waals surface area (Å²) < 4.78 is 43.6. The summed E-state index contributed by atoms with van der Waals surface area (Å²) in [4.78, 5) is 17.3. The highest BCUT2D eigenvalue weighted by Gasteiger charge is 2.46. The van der Waals surface area contributed by atoms with Gasteiger partial charge in [-0.1, -0.05) is 6.07 Å². The molecule has 0 aliphatic carbocycles. The average Bonchev–Trinajstić information content (AvgIpc) is 3.40. The number of nitrogens with zero attached hydrogens (tertiary/aromatic N) is 2. The number of thiophene rings is 1. The Morgan fingerprint density at radius 2 is 2.17 bits per heavy atom.